The molecule has 0 spiro atoms. The summed E-state index contributed by atoms with van der Waals surface area (Å²) in [5, 5.41) is 9.41. The molecule has 0 saturated carbocycles. The number of fused-ring (bicyclic) bond motifs is 4. The molecular formula is C15H18ClN3O. The monoisotopic (exact) mass is 291 g/mol. The third-order valence-electron chi connectivity index (χ3n) is 4.75. The van der Waals surface area contributed by atoms with Crippen molar-refractivity contribution in [2.45, 2.75) is 25.8 Å². The molecule has 0 aliphatic carbocycles. The number of hydrogen-bond acceptors (Lipinski definition) is 4. The second kappa shape index (κ2) is 4.64. The molecular weight excluding hydrogens is 274 g/mol. The Morgan fingerprint density at radius 2 is 2.15 bits per heavy atom. The van der Waals surface area contributed by atoms with Crippen molar-refractivity contribution in [1.82, 2.24) is 10.1 Å². The highest BCUT2D eigenvalue weighted by atomic mass is 35.5. The van der Waals surface area contributed by atoms with Crippen LogP contribution in [0.4, 0.5) is 5.82 Å². The standard InChI is InChI=1S/C15H18ClN3O/c1-9-2-3-11-14(13(9)16)20-18-15(11)17-12-8-19-6-4-10(12)5-7-19/h2-3,10,12H,4-8H2,1H3,(H,17,18). The van der Waals surface area contributed by atoms with E-state index in [0.29, 0.717) is 16.6 Å². The number of rotatable bonds is 2. The lowest BCUT2D eigenvalue weighted by atomic mass is 9.84. The highest BCUT2D eigenvalue weighted by Gasteiger charge is 2.34. The van der Waals surface area contributed by atoms with Crippen LogP contribution in [-0.4, -0.2) is 35.7 Å². The quantitative estimate of drug-likeness (QED) is 0.922. The Kier molecular flexibility index (Phi) is 2.89. The van der Waals surface area contributed by atoms with E-state index in [9.17, 15) is 0 Å². The Morgan fingerprint density at radius 1 is 1.35 bits per heavy atom. The Balaban J connectivity index is 1.65. The van der Waals surface area contributed by atoms with Crippen LogP contribution in [0.25, 0.3) is 11.0 Å². The lowest BCUT2D eigenvalue weighted by molar-refractivity contribution is 0.0973. The molecule has 5 heteroatoms. The summed E-state index contributed by atoms with van der Waals surface area (Å²) < 4.78 is 5.42. The van der Waals surface area contributed by atoms with Crippen molar-refractivity contribution < 1.29 is 4.52 Å². The van der Waals surface area contributed by atoms with Gasteiger partial charge in [-0.2, -0.15) is 0 Å². The molecule has 3 aliphatic heterocycles. The molecule has 0 amide bonds. The van der Waals surface area contributed by atoms with Gasteiger partial charge in [0.1, 0.15) is 0 Å². The van der Waals surface area contributed by atoms with Gasteiger partial charge in [0.25, 0.3) is 0 Å². The van der Waals surface area contributed by atoms with E-state index < -0.39 is 0 Å². The molecule has 1 aromatic heterocycles. The average Bonchev–Trinajstić information content (AvgIpc) is 2.88. The highest BCUT2D eigenvalue weighted by Crippen LogP contribution is 2.34. The van der Waals surface area contributed by atoms with Crippen LogP contribution in [0.15, 0.2) is 16.7 Å². The largest absolute Gasteiger partial charge is 0.362 e. The van der Waals surface area contributed by atoms with Crippen molar-refractivity contribution in [1.29, 1.82) is 0 Å². The van der Waals surface area contributed by atoms with Crippen molar-refractivity contribution in [2.24, 2.45) is 5.92 Å². The molecule has 106 valence electrons. The Hall–Kier alpha value is -1.26. The molecule has 3 fully saturated rings. The third-order valence-corrected chi connectivity index (χ3v) is 5.22. The predicted molar refractivity (Wildman–Crippen MR) is 80.3 cm³/mol. The fourth-order valence-corrected chi connectivity index (χ4v) is 3.68. The first kappa shape index (κ1) is 12.5. The van der Waals surface area contributed by atoms with Gasteiger partial charge in [-0.15, -0.1) is 0 Å². The van der Waals surface area contributed by atoms with Crippen LogP contribution >= 0.6 is 11.6 Å². The second-order valence-corrected chi connectivity index (χ2v) is 6.37. The van der Waals surface area contributed by atoms with Gasteiger partial charge in [-0.1, -0.05) is 22.8 Å². The van der Waals surface area contributed by atoms with Gasteiger partial charge in [0.2, 0.25) is 0 Å². The maximum Gasteiger partial charge on any atom is 0.187 e. The van der Waals surface area contributed by atoms with E-state index in [0.717, 1.165) is 29.2 Å². The highest BCUT2D eigenvalue weighted by molar-refractivity contribution is 6.35. The SMILES string of the molecule is Cc1ccc2c(NC3CN4CCC3CC4)noc2c1Cl. The number of nitrogens with zero attached hydrogens (tertiary/aromatic N) is 2. The summed E-state index contributed by atoms with van der Waals surface area (Å²) >= 11 is 6.28. The molecule has 3 aliphatic rings. The van der Waals surface area contributed by atoms with Crippen molar-refractivity contribution in [3.05, 3.63) is 22.7 Å². The Labute approximate surface area is 123 Å². The summed E-state index contributed by atoms with van der Waals surface area (Å²) in [5.74, 6) is 1.59. The topological polar surface area (TPSA) is 41.3 Å². The van der Waals surface area contributed by atoms with E-state index >= 15 is 0 Å². The lowest BCUT2D eigenvalue weighted by Gasteiger charge is -2.44. The molecule has 3 saturated heterocycles. The fraction of sp³-hybridized carbons (Fsp3) is 0.533. The number of hydrogen-bond donors (Lipinski definition) is 1. The maximum atomic E-state index is 6.28. The van der Waals surface area contributed by atoms with Crippen molar-refractivity contribution in [3.63, 3.8) is 0 Å². The number of aromatic nitrogens is 1. The minimum Gasteiger partial charge on any atom is -0.362 e. The molecule has 2 aromatic rings. The third kappa shape index (κ3) is 1.90. The number of aryl methyl sites for hydroxylation is 1. The molecule has 20 heavy (non-hydrogen) atoms. The van der Waals surface area contributed by atoms with Gasteiger partial charge in [-0.25, -0.2) is 0 Å². The van der Waals surface area contributed by atoms with Gasteiger partial charge in [-0.05, 0) is 50.4 Å². The minimum atomic E-state index is 0.478. The molecule has 0 radical (unpaired) electrons. The Morgan fingerprint density at radius 3 is 2.85 bits per heavy atom. The van der Waals surface area contributed by atoms with Crippen molar-refractivity contribution in [2.75, 3.05) is 25.0 Å². The van der Waals surface area contributed by atoms with Gasteiger partial charge in [0.05, 0.1) is 10.4 Å². The van der Waals surface area contributed by atoms with E-state index in [1.54, 1.807) is 0 Å². The van der Waals surface area contributed by atoms with E-state index in [-0.39, 0.29) is 0 Å². The zero-order chi connectivity index (χ0) is 13.7. The van der Waals surface area contributed by atoms with Crippen LogP contribution in [-0.2, 0) is 0 Å². The Bertz CT molecular complexity index is 646. The summed E-state index contributed by atoms with van der Waals surface area (Å²) in [6, 6.07) is 4.53. The van der Waals surface area contributed by atoms with Crippen LogP contribution < -0.4 is 5.32 Å². The first-order valence-corrected chi connectivity index (χ1v) is 7.63. The second-order valence-electron chi connectivity index (χ2n) is 5.99. The summed E-state index contributed by atoms with van der Waals surface area (Å²) in [6.45, 7) is 5.57. The molecule has 2 bridgehead atoms. The van der Waals surface area contributed by atoms with Crippen LogP contribution in [0, 0.1) is 12.8 Å². The van der Waals surface area contributed by atoms with Crippen molar-refractivity contribution in [3.8, 4) is 0 Å². The van der Waals surface area contributed by atoms with Gasteiger partial charge < -0.3 is 14.7 Å². The summed E-state index contributed by atoms with van der Waals surface area (Å²) in [4.78, 5) is 2.52. The van der Waals surface area contributed by atoms with Crippen LogP contribution in [0.1, 0.15) is 18.4 Å². The molecule has 1 aromatic carbocycles. The molecule has 1 atom stereocenters. The van der Waals surface area contributed by atoms with Crippen LogP contribution in [0.2, 0.25) is 5.02 Å². The van der Waals surface area contributed by atoms with E-state index in [2.05, 4.69) is 15.4 Å². The molecule has 5 rings (SSSR count). The molecule has 4 nitrogen and oxygen atoms in total. The first-order valence-electron chi connectivity index (χ1n) is 7.26. The van der Waals surface area contributed by atoms with Crippen LogP contribution in [0.5, 0.6) is 0 Å². The van der Waals surface area contributed by atoms with Gasteiger partial charge in [-0.3, -0.25) is 0 Å². The summed E-state index contributed by atoms with van der Waals surface area (Å²) in [5.41, 5.74) is 1.71. The van der Waals surface area contributed by atoms with Gasteiger partial charge in [0.15, 0.2) is 11.4 Å². The van der Waals surface area contributed by atoms with E-state index in [1.165, 1.54) is 25.9 Å². The minimum absolute atomic E-state index is 0.478. The molecule has 4 heterocycles. The number of benzene rings is 1. The zero-order valence-corrected chi connectivity index (χ0v) is 12.3. The summed E-state index contributed by atoms with van der Waals surface area (Å²) in [7, 11) is 0. The molecule has 1 unspecified atom stereocenters. The smallest absolute Gasteiger partial charge is 0.187 e. The summed E-state index contributed by atoms with van der Waals surface area (Å²) in [6.07, 6.45) is 2.57. The van der Waals surface area contributed by atoms with E-state index in [4.69, 9.17) is 16.1 Å². The van der Waals surface area contributed by atoms with Crippen LogP contribution in [0.3, 0.4) is 0 Å². The predicted octanol–water partition coefficient (Wildman–Crippen LogP) is 3.30. The molecule has 1 N–H and O–H groups in total. The number of nitrogens with one attached hydrogen (secondary N) is 1. The van der Waals surface area contributed by atoms with Gasteiger partial charge in [0, 0.05) is 12.6 Å². The number of halogens is 1. The number of anilines is 1. The number of piperidine rings is 3. The van der Waals surface area contributed by atoms with Crippen molar-refractivity contribution >= 4 is 28.4 Å². The first-order chi connectivity index (χ1) is 9.72. The van der Waals surface area contributed by atoms with E-state index in [1.807, 2.05) is 19.1 Å². The maximum absolute atomic E-state index is 6.28. The zero-order valence-electron chi connectivity index (χ0n) is 11.5. The van der Waals surface area contributed by atoms with Gasteiger partial charge >= 0.3 is 0 Å². The fourth-order valence-electron chi connectivity index (χ4n) is 3.48. The lowest BCUT2D eigenvalue weighted by Crippen LogP contribution is -2.53. The average molecular weight is 292 g/mol. The normalized spacial score (nSPS) is 29.0.